The molecule has 0 aromatic heterocycles. The Balaban J connectivity index is 1.57. The van der Waals surface area contributed by atoms with E-state index in [0.29, 0.717) is 18.1 Å². The van der Waals surface area contributed by atoms with E-state index in [1.807, 2.05) is 36.4 Å². The highest BCUT2D eigenvalue weighted by molar-refractivity contribution is 5.88. The number of nitrogens with two attached hydrogens (primary N) is 1. The quantitative estimate of drug-likeness (QED) is 0.207. The number of esters is 1. The van der Waals surface area contributed by atoms with Crippen molar-refractivity contribution in [2.45, 2.75) is 5.92 Å². The molecular weight excluding hydrogens is 456 g/mol. The van der Waals surface area contributed by atoms with Crippen LogP contribution in [0, 0.1) is 11.3 Å². The summed E-state index contributed by atoms with van der Waals surface area (Å²) in [6, 6.07) is 21.8. The van der Waals surface area contributed by atoms with Crippen LogP contribution >= 0.6 is 0 Å². The Kier molecular flexibility index (Phi) is 7.37. The number of nitrogens with zero attached hydrogens (tertiary/aromatic N) is 1. The van der Waals surface area contributed by atoms with Gasteiger partial charge in [-0.2, -0.15) is 5.26 Å². The van der Waals surface area contributed by atoms with Gasteiger partial charge in [0.05, 0.1) is 13.0 Å². The van der Waals surface area contributed by atoms with Gasteiger partial charge in [-0.05, 0) is 47.5 Å². The molecular formula is C29H24N2O5. The maximum Gasteiger partial charge on any atom is 0.336 e. The minimum atomic E-state index is -0.550. The monoisotopic (exact) mass is 480 g/mol. The first-order valence-electron chi connectivity index (χ1n) is 11.1. The zero-order valence-corrected chi connectivity index (χ0v) is 19.6. The van der Waals surface area contributed by atoms with Gasteiger partial charge < -0.3 is 24.7 Å². The van der Waals surface area contributed by atoms with Crippen molar-refractivity contribution in [3.8, 4) is 29.1 Å². The van der Waals surface area contributed by atoms with E-state index in [1.165, 1.54) is 6.08 Å². The topological polar surface area (TPSA) is 104 Å². The predicted molar refractivity (Wildman–Crippen MR) is 136 cm³/mol. The lowest BCUT2D eigenvalue weighted by Crippen LogP contribution is -2.21. The number of hydrogen-bond acceptors (Lipinski definition) is 7. The van der Waals surface area contributed by atoms with Crippen LogP contribution in [0.2, 0.25) is 0 Å². The molecule has 1 heterocycles. The molecule has 3 aromatic carbocycles. The van der Waals surface area contributed by atoms with Crippen LogP contribution in [0.25, 0.3) is 6.08 Å². The van der Waals surface area contributed by atoms with Gasteiger partial charge in [0, 0.05) is 17.7 Å². The van der Waals surface area contributed by atoms with Crippen LogP contribution in [0.15, 0.2) is 96.9 Å². The Morgan fingerprint density at radius 2 is 1.89 bits per heavy atom. The van der Waals surface area contributed by atoms with Crippen molar-refractivity contribution < 1.29 is 23.7 Å². The van der Waals surface area contributed by atoms with Gasteiger partial charge >= 0.3 is 5.97 Å². The summed E-state index contributed by atoms with van der Waals surface area (Å²) >= 11 is 0. The number of ether oxygens (including phenoxy) is 4. The van der Waals surface area contributed by atoms with Gasteiger partial charge in [0.25, 0.3) is 0 Å². The predicted octanol–water partition coefficient (Wildman–Crippen LogP) is 5.10. The normalized spacial score (nSPS) is 14.4. The van der Waals surface area contributed by atoms with Crippen LogP contribution in [0.5, 0.6) is 23.0 Å². The van der Waals surface area contributed by atoms with Crippen LogP contribution in [-0.2, 0) is 4.79 Å². The molecule has 0 amide bonds. The van der Waals surface area contributed by atoms with E-state index in [0.717, 1.165) is 22.4 Å². The Labute approximate surface area is 209 Å². The highest BCUT2D eigenvalue weighted by Gasteiger charge is 2.31. The zero-order chi connectivity index (χ0) is 25.5. The minimum absolute atomic E-state index is 0.00436. The van der Waals surface area contributed by atoms with Crippen molar-refractivity contribution in [3.63, 3.8) is 0 Å². The van der Waals surface area contributed by atoms with Gasteiger partial charge in [-0.3, -0.25) is 0 Å². The molecule has 0 saturated heterocycles. The lowest BCUT2D eigenvalue weighted by molar-refractivity contribution is -0.128. The third-order valence-electron chi connectivity index (χ3n) is 5.50. The first-order chi connectivity index (χ1) is 17.5. The largest absolute Gasteiger partial charge is 0.497 e. The molecule has 0 saturated carbocycles. The minimum Gasteiger partial charge on any atom is -0.497 e. The molecule has 1 unspecified atom stereocenters. The molecule has 7 heteroatoms. The molecule has 0 radical (unpaired) electrons. The second-order valence-electron chi connectivity index (χ2n) is 7.82. The summed E-state index contributed by atoms with van der Waals surface area (Å²) < 4.78 is 22.0. The molecule has 0 aliphatic carbocycles. The molecule has 7 nitrogen and oxygen atoms in total. The first kappa shape index (κ1) is 24.2. The number of carbonyl (C=O) groups is 1. The van der Waals surface area contributed by atoms with E-state index in [2.05, 4.69) is 12.6 Å². The smallest absolute Gasteiger partial charge is 0.336 e. The average molecular weight is 481 g/mol. The van der Waals surface area contributed by atoms with Gasteiger partial charge in [-0.25, -0.2) is 4.79 Å². The highest BCUT2D eigenvalue weighted by Crippen LogP contribution is 2.44. The second-order valence-corrected chi connectivity index (χ2v) is 7.82. The lowest BCUT2D eigenvalue weighted by Gasteiger charge is -2.27. The maximum absolute atomic E-state index is 12.4. The molecule has 1 aliphatic heterocycles. The average Bonchev–Trinajstić information content (AvgIpc) is 2.90. The fourth-order valence-electron chi connectivity index (χ4n) is 3.81. The Morgan fingerprint density at radius 3 is 2.61 bits per heavy atom. The highest BCUT2D eigenvalue weighted by atomic mass is 16.5. The van der Waals surface area contributed by atoms with E-state index in [1.54, 1.807) is 49.6 Å². The third kappa shape index (κ3) is 5.40. The van der Waals surface area contributed by atoms with E-state index in [-0.39, 0.29) is 17.2 Å². The molecule has 1 atom stereocenters. The van der Waals surface area contributed by atoms with Gasteiger partial charge in [-0.1, -0.05) is 43.0 Å². The van der Waals surface area contributed by atoms with Gasteiger partial charge in [-0.15, -0.1) is 0 Å². The van der Waals surface area contributed by atoms with Crippen molar-refractivity contribution in [2.24, 2.45) is 5.73 Å². The van der Waals surface area contributed by atoms with Gasteiger partial charge in [0.1, 0.15) is 41.2 Å². The molecule has 180 valence electrons. The summed E-state index contributed by atoms with van der Waals surface area (Å²) in [4.78, 5) is 12.4. The maximum atomic E-state index is 12.4. The fraction of sp³-hybridized carbons (Fsp3) is 0.103. The molecule has 4 rings (SSSR count). The van der Waals surface area contributed by atoms with Gasteiger partial charge in [0.15, 0.2) is 0 Å². The zero-order valence-electron chi connectivity index (χ0n) is 19.6. The van der Waals surface area contributed by atoms with E-state index < -0.39 is 11.9 Å². The van der Waals surface area contributed by atoms with Gasteiger partial charge in [0.2, 0.25) is 5.88 Å². The number of nitriles is 1. The number of rotatable bonds is 8. The van der Waals surface area contributed by atoms with Crippen LogP contribution < -0.4 is 24.7 Å². The molecule has 36 heavy (non-hydrogen) atoms. The number of allylic oxidation sites excluding steroid dienone is 1. The number of methoxy groups -OCH3 is 1. The Morgan fingerprint density at radius 1 is 1.11 bits per heavy atom. The summed E-state index contributed by atoms with van der Waals surface area (Å²) in [5.74, 6) is 1.04. The molecule has 1 aliphatic rings. The molecule has 3 aromatic rings. The van der Waals surface area contributed by atoms with E-state index >= 15 is 0 Å². The molecule has 0 spiro atoms. The third-order valence-corrected chi connectivity index (χ3v) is 5.50. The first-order valence-corrected chi connectivity index (χ1v) is 11.1. The van der Waals surface area contributed by atoms with Crippen LogP contribution in [0.3, 0.4) is 0 Å². The van der Waals surface area contributed by atoms with Crippen LogP contribution in [0.1, 0.15) is 22.6 Å². The van der Waals surface area contributed by atoms with Crippen molar-refractivity contribution in [1.82, 2.24) is 0 Å². The molecule has 0 bridgehead atoms. The fourth-order valence-corrected chi connectivity index (χ4v) is 3.81. The van der Waals surface area contributed by atoms with Crippen LogP contribution in [-0.4, -0.2) is 19.7 Å². The summed E-state index contributed by atoms with van der Waals surface area (Å²) in [6.07, 6.45) is 4.64. The number of hydrogen-bond donors (Lipinski definition) is 1. The summed E-state index contributed by atoms with van der Waals surface area (Å²) in [5.41, 5.74) is 8.74. The number of benzene rings is 3. The van der Waals surface area contributed by atoms with Crippen LogP contribution in [0.4, 0.5) is 0 Å². The second kappa shape index (κ2) is 11.0. The summed E-state index contributed by atoms with van der Waals surface area (Å²) in [7, 11) is 1.59. The SMILES string of the molecule is C=CCOc1cccc(C2C(C#N)=C(N)Oc3cc(OC(=O)/C=C/c4ccc(OC)cc4)ccc32)c1. The summed E-state index contributed by atoms with van der Waals surface area (Å²) in [5, 5.41) is 9.79. The van der Waals surface area contributed by atoms with Crippen molar-refractivity contribution in [2.75, 3.05) is 13.7 Å². The Hall–Kier alpha value is -4.96. The summed E-state index contributed by atoms with van der Waals surface area (Å²) in [6.45, 7) is 4.02. The number of fused-ring (bicyclic) bond motifs is 1. The molecule has 0 fully saturated rings. The number of carbonyl (C=O) groups excluding carboxylic acids is 1. The standard InChI is InChI=1S/C29H24N2O5/c1-3-15-34-22-6-4-5-20(16-22)28-24-13-12-23(17-26(24)36-29(31)25(28)18-30)35-27(32)14-9-19-7-10-21(33-2)11-8-19/h3-14,16-17,28H,1,15,31H2,2H3/b14-9+. The van der Waals surface area contributed by atoms with E-state index in [4.69, 9.17) is 24.7 Å². The van der Waals surface area contributed by atoms with E-state index in [9.17, 15) is 10.1 Å². The Bertz CT molecular complexity index is 1380. The van der Waals surface area contributed by atoms with Crippen molar-refractivity contribution in [1.29, 1.82) is 5.26 Å². The molecule has 2 N–H and O–H groups in total. The van der Waals surface area contributed by atoms with Crippen molar-refractivity contribution in [3.05, 3.63) is 114 Å². The van der Waals surface area contributed by atoms with Crippen molar-refractivity contribution >= 4 is 12.0 Å². The lowest BCUT2D eigenvalue weighted by atomic mass is 9.83.